The fourth-order valence-electron chi connectivity index (χ4n) is 4.25. The number of hydrogen-bond acceptors (Lipinski definition) is 4. The predicted molar refractivity (Wildman–Crippen MR) is 148 cm³/mol. The number of ketones is 1. The maximum absolute atomic E-state index is 10.0. The van der Waals surface area contributed by atoms with Crippen molar-refractivity contribution in [2.75, 3.05) is 0 Å². The molecule has 4 aromatic rings. The van der Waals surface area contributed by atoms with E-state index in [1.54, 1.807) is 0 Å². The molecule has 1 radical (unpaired) electrons. The molecule has 1 aromatic heterocycles. The zero-order valence-electron chi connectivity index (χ0n) is 22.4. The number of carbonyl (C=O) groups excluding carboxylic acids is 1. The van der Waals surface area contributed by atoms with E-state index in [1.165, 1.54) is 47.7 Å². The molecule has 0 fully saturated rings. The summed E-state index contributed by atoms with van der Waals surface area (Å²) in [6, 6.07) is 22.4. The van der Waals surface area contributed by atoms with Crippen LogP contribution >= 0.6 is 0 Å². The molecule has 5 heteroatoms. The molecule has 0 saturated heterocycles. The Morgan fingerprint density at radius 2 is 1.49 bits per heavy atom. The summed E-state index contributed by atoms with van der Waals surface area (Å²) in [7, 11) is 0. The van der Waals surface area contributed by atoms with E-state index >= 15 is 0 Å². The maximum Gasteiger partial charge on any atom is 0.155 e. The molecule has 0 saturated carbocycles. The van der Waals surface area contributed by atoms with Crippen molar-refractivity contribution in [3.05, 3.63) is 107 Å². The van der Waals surface area contributed by atoms with E-state index in [0.717, 1.165) is 33.8 Å². The van der Waals surface area contributed by atoms with E-state index in [0.29, 0.717) is 0 Å². The Labute approximate surface area is 233 Å². The monoisotopic (exact) mass is 670 g/mol. The normalized spacial score (nSPS) is 10.7. The van der Waals surface area contributed by atoms with Gasteiger partial charge in [0, 0.05) is 43.6 Å². The third-order valence-corrected chi connectivity index (χ3v) is 5.63. The Balaban J connectivity index is 0.000000532. The van der Waals surface area contributed by atoms with Crippen LogP contribution in [0.2, 0.25) is 0 Å². The van der Waals surface area contributed by atoms with Gasteiger partial charge in [-0.25, -0.2) is 0 Å². The van der Waals surface area contributed by atoms with Gasteiger partial charge >= 0.3 is 0 Å². The van der Waals surface area contributed by atoms with Gasteiger partial charge in [0.05, 0.1) is 17.1 Å². The number of nitrogens with zero attached hydrogens (tertiary/aromatic N) is 2. The van der Waals surface area contributed by atoms with Gasteiger partial charge in [0.2, 0.25) is 0 Å². The molecule has 37 heavy (non-hydrogen) atoms. The number of aliphatic hydroxyl groups is 1. The minimum Gasteiger partial charge on any atom is -0.512 e. The van der Waals surface area contributed by atoms with Gasteiger partial charge in [-0.1, -0.05) is 54.4 Å². The molecule has 0 aliphatic carbocycles. The summed E-state index contributed by atoms with van der Waals surface area (Å²) in [5, 5.41) is 8.36. The van der Waals surface area contributed by atoms with Crippen LogP contribution in [-0.2, 0) is 24.9 Å². The standard InChI is InChI=1S/C27H25N2.C5H8O2.Ir/c1-17-8-6-11-22(13-17)26-27(23-14-18(2)12-19(3)15-23)29-24(16-28-26)25-20(4)9-7-10-21(25)5;1-4(6)3-5(2)7;/h6-10,12-16H,1-5H3;3,6H,1-2H3;/q-1;;/b;4-3-;. The number of hydrogen-bond donors (Lipinski definition) is 1. The van der Waals surface area contributed by atoms with Gasteiger partial charge in [0.25, 0.3) is 0 Å². The third kappa shape index (κ3) is 8.04. The second-order valence-electron chi connectivity index (χ2n) is 9.27. The molecule has 4 rings (SSSR count). The van der Waals surface area contributed by atoms with Gasteiger partial charge in [-0.3, -0.25) is 9.78 Å². The molecule has 3 aromatic carbocycles. The first-order chi connectivity index (χ1) is 17.0. The summed E-state index contributed by atoms with van der Waals surface area (Å²) in [6.07, 6.45) is 3.06. The molecule has 0 spiro atoms. The number of aliphatic hydroxyl groups excluding tert-OH is 1. The number of allylic oxidation sites excluding steroid dienone is 2. The van der Waals surface area contributed by atoms with E-state index in [2.05, 4.69) is 89.2 Å². The van der Waals surface area contributed by atoms with Crippen LogP contribution in [0.4, 0.5) is 0 Å². The fourth-order valence-corrected chi connectivity index (χ4v) is 4.25. The Morgan fingerprint density at radius 3 is 2.00 bits per heavy atom. The van der Waals surface area contributed by atoms with Crippen molar-refractivity contribution in [1.82, 2.24) is 9.97 Å². The molecule has 0 aliphatic heterocycles. The Kier molecular flexibility index (Phi) is 10.7. The van der Waals surface area contributed by atoms with Crippen molar-refractivity contribution < 1.29 is 30.0 Å². The van der Waals surface area contributed by atoms with Gasteiger partial charge in [-0.05, 0) is 58.2 Å². The molecule has 0 atom stereocenters. The van der Waals surface area contributed by atoms with Crippen LogP contribution in [0.1, 0.15) is 41.7 Å². The molecule has 1 N–H and O–H groups in total. The molecule has 0 unspecified atom stereocenters. The number of aryl methyl sites for hydroxylation is 5. The second-order valence-corrected chi connectivity index (χ2v) is 9.27. The first-order valence-corrected chi connectivity index (χ1v) is 11.9. The minimum atomic E-state index is -0.125. The zero-order chi connectivity index (χ0) is 26.4. The van der Waals surface area contributed by atoms with E-state index in [9.17, 15) is 4.79 Å². The van der Waals surface area contributed by atoms with Crippen LogP contribution in [0, 0.1) is 40.7 Å². The van der Waals surface area contributed by atoms with Crippen molar-refractivity contribution in [2.24, 2.45) is 0 Å². The van der Waals surface area contributed by atoms with Crippen LogP contribution in [0.5, 0.6) is 0 Å². The second kappa shape index (κ2) is 13.2. The Morgan fingerprint density at radius 1 is 0.865 bits per heavy atom. The average Bonchev–Trinajstić information content (AvgIpc) is 2.78. The molecule has 0 amide bonds. The topological polar surface area (TPSA) is 63.1 Å². The molecule has 0 bridgehead atoms. The summed E-state index contributed by atoms with van der Waals surface area (Å²) in [6.45, 7) is 13.4. The van der Waals surface area contributed by atoms with Crippen molar-refractivity contribution in [3.8, 4) is 33.8 Å². The summed E-state index contributed by atoms with van der Waals surface area (Å²) < 4.78 is 0. The number of benzene rings is 3. The third-order valence-electron chi connectivity index (χ3n) is 5.63. The minimum absolute atomic E-state index is 0. The van der Waals surface area contributed by atoms with Crippen LogP contribution in [0.25, 0.3) is 33.8 Å². The first-order valence-electron chi connectivity index (χ1n) is 11.9. The van der Waals surface area contributed by atoms with Crippen molar-refractivity contribution >= 4 is 5.78 Å². The molecule has 4 nitrogen and oxygen atoms in total. The molecule has 0 aliphatic rings. The van der Waals surface area contributed by atoms with E-state index < -0.39 is 0 Å². The SMILES string of the molecule is CC(=O)/C=C(/C)O.Cc1cc[c-]c(-c2ncc(-c3c(C)cccc3C)nc2-c2cc(C)cc(C)c2)c1.[Ir]. The molecule has 1 heterocycles. The molecular weight excluding hydrogens is 637 g/mol. The number of carbonyl (C=O) groups is 1. The predicted octanol–water partition coefficient (Wildman–Crippen LogP) is 7.85. The number of rotatable bonds is 4. The van der Waals surface area contributed by atoms with Crippen molar-refractivity contribution in [2.45, 2.75) is 48.5 Å². The van der Waals surface area contributed by atoms with Gasteiger partial charge < -0.3 is 10.1 Å². The fraction of sp³-hybridized carbons (Fsp3) is 0.219. The van der Waals surface area contributed by atoms with Gasteiger partial charge in [0.1, 0.15) is 0 Å². The zero-order valence-corrected chi connectivity index (χ0v) is 24.8. The number of aromatic nitrogens is 2. The molecule has 193 valence electrons. The summed E-state index contributed by atoms with van der Waals surface area (Å²) in [4.78, 5) is 20.0. The van der Waals surface area contributed by atoms with Gasteiger partial charge in [0.15, 0.2) is 5.78 Å². The van der Waals surface area contributed by atoms with Crippen LogP contribution in [0.15, 0.2) is 72.6 Å². The van der Waals surface area contributed by atoms with E-state index in [-0.39, 0.29) is 31.6 Å². The van der Waals surface area contributed by atoms with Crippen molar-refractivity contribution in [3.63, 3.8) is 0 Å². The largest absolute Gasteiger partial charge is 0.512 e. The first kappa shape index (κ1) is 29.8. The van der Waals surface area contributed by atoms with Crippen LogP contribution < -0.4 is 0 Å². The van der Waals surface area contributed by atoms with Crippen LogP contribution in [-0.4, -0.2) is 20.9 Å². The van der Waals surface area contributed by atoms with Crippen LogP contribution in [0.3, 0.4) is 0 Å². The van der Waals surface area contributed by atoms with E-state index in [1.807, 2.05) is 12.3 Å². The Hall–Kier alpha value is -3.40. The summed E-state index contributed by atoms with van der Waals surface area (Å²) >= 11 is 0. The van der Waals surface area contributed by atoms with Crippen molar-refractivity contribution in [1.29, 1.82) is 0 Å². The van der Waals surface area contributed by atoms with E-state index in [4.69, 9.17) is 15.1 Å². The smallest absolute Gasteiger partial charge is 0.155 e. The quantitative estimate of drug-likeness (QED) is 0.137. The summed E-state index contributed by atoms with van der Waals surface area (Å²) in [5.74, 6) is -0.0625. The molecular formula is C32H33IrN2O2-. The van der Waals surface area contributed by atoms with Gasteiger partial charge in [-0.2, -0.15) is 0 Å². The summed E-state index contributed by atoms with van der Waals surface area (Å²) in [5.41, 5.74) is 11.9. The van der Waals surface area contributed by atoms with Gasteiger partial charge in [-0.15, -0.1) is 35.4 Å². The Bertz CT molecular complexity index is 1400. The average molecular weight is 670 g/mol. The maximum atomic E-state index is 10.0.